The topological polar surface area (TPSA) is 75.4 Å². The molecular weight excluding hydrogens is 494 g/mol. The second kappa shape index (κ2) is 10.1. The van der Waals surface area contributed by atoms with E-state index in [2.05, 4.69) is 48.7 Å². The number of hydrogen-bond donors (Lipinski definition) is 1. The highest BCUT2D eigenvalue weighted by molar-refractivity contribution is 7.15. The van der Waals surface area contributed by atoms with E-state index in [1.165, 1.54) is 15.7 Å². The largest absolute Gasteiger partial charge is 0.388 e. The molecule has 0 spiro atoms. The minimum Gasteiger partial charge on any atom is -0.388 e. The Morgan fingerprint density at radius 3 is 2.74 bits per heavy atom. The summed E-state index contributed by atoms with van der Waals surface area (Å²) in [7, 11) is 0. The van der Waals surface area contributed by atoms with Crippen LogP contribution in [0.4, 0.5) is 0 Å². The third-order valence-corrected chi connectivity index (χ3v) is 9.14. The predicted octanol–water partition coefficient (Wildman–Crippen LogP) is 5.17. The van der Waals surface area contributed by atoms with Crippen LogP contribution in [0.2, 0.25) is 0 Å². The first-order chi connectivity index (χ1) is 18.4. The molecule has 6 rings (SSSR count). The van der Waals surface area contributed by atoms with Gasteiger partial charge in [-0.2, -0.15) is 0 Å². The first-order valence-electron chi connectivity index (χ1n) is 13.4. The molecule has 2 aliphatic rings. The van der Waals surface area contributed by atoms with Crippen LogP contribution in [0.25, 0.3) is 21.3 Å². The fraction of sp³-hybridized carbons (Fsp3) is 0.355. The molecule has 1 N–H and O–H groups in total. The average Bonchev–Trinajstić information content (AvgIpc) is 3.58. The quantitative estimate of drug-likeness (QED) is 0.376. The van der Waals surface area contributed by atoms with E-state index in [0.29, 0.717) is 37.7 Å². The fourth-order valence-corrected chi connectivity index (χ4v) is 6.75. The number of likely N-dealkylation sites (tertiary alicyclic amines) is 1. The number of piperidine rings is 1. The monoisotopic (exact) mass is 526 g/mol. The first-order valence-corrected chi connectivity index (χ1v) is 14.3. The van der Waals surface area contributed by atoms with Crippen molar-refractivity contribution in [2.24, 2.45) is 0 Å². The van der Waals surface area contributed by atoms with Gasteiger partial charge >= 0.3 is 0 Å². The van der Waals surface area contributed by atoms with Gasteiger partial charge in [0.15, 0.2) is 0 Å². The third-order valence-electron chi connectivity index (χ3n) is 8.13. The molecule has 195 valence electrons. The van der Waals surface area contributed by atoms with E-state index in [4.69, 9.17) is 0 Å². The van der Waals surface area contributed by atoms with Crippen molar-refractivity contribution in [3.8, 4) is 10.4 Å². The van der Waals surface area contributed by atoms with Crippen LogP contribution in [0.15, 0.2) is 65.0 Å². The molecule has 1 radical (unpaired) electrons. The molecule has 7 heteroatoms. The molecule has 2 aromatic carbocycles. The Morgan fingerprint density at radius 1 is 1.16 bits per heavy atom. The molecule has 1 amide bonds. The molecule has 1 atom stereocenters. The Labute approximate surface area is 226 Å². The van der Waals surface area contributed by atoms with E-state index >= 15 is 0 Å². The Bertz CT molecular complexity index is 1530. The van der Waals surface area contributed by atoms with Crippen LogP contribution in [-0.2, 0) is 17.8 Å². The van der Waals surface area contributed by atoms with E-state index in [0.717, 1.165) is 34.4 Å². The summed E-state index contributed by atoms with van der Waals surface area (Å²) in [6.45, 7) is 3.22. The number of benzene rings is 2. The summed E-state index contributed by atoms with van der Waals surface area (Å²) in [6.07, 6.45) is 7.28. The molecule has 1 saturated heterocycles. The number of amides is 1. The lowest BCUT2D eigenvalue weighted by molar-refractivity contribution is -0.136. The second-order valence-electron chi connectivity index (χ2n) is 10.8. The van der Waals surface area contributed by atoms with Gasteiger partial charge in [0, 0.05) is 24.9 Å². The molecule has 0 bridgehead atoms. The Kier molecular flexibility index (Phi) is 6.66. The average molecular weight is 527 g/mol. The van der Waals surface area contributed by atoms with Gasteiger partial charge in [-0.25, -0.2) is 4.98 Å². The van der Waals surface area contributed by atoms with Crippen LogP contribution in [0, 0.1) is 6.42 Å². The summed E-state index contributed by atoms with van der Waals surface area (Å²) >= 11 is 1.54. The van der Waals surface area contributed by atoms with Crippen molar-refractivity contribution < 1.29 is 9.90 Å². The number of thiophene rings is 1. The molecule has 6 nitrogen and oxygen atoms in total. The van der Waals surface area contributed by atoms with Crippen LogP contribution < -0.4 is 5.56 Å². The molecule has 38 heavy (non-hydrogen) atoms. The lowest BCUT2D eigenvalue weighted by Crippen LogP contribution is -2.49. The standard InChI is InChI=1S/C31H32N3O3S/c1-21(22-6-3-2-4-7-22)16-27(35)33-14-12-31(37,13-15-33)19-34-20-32-28-26(30(34)36)18-38-29(28)25-11-10-23-8-5-9-24(23)17-25/h2-4,6-8,10-11,17-18,20-21,37H,5,9,12-16,19H2,1H3/t21-/m1/s1. The van der Waals surface area contributed by atoms with Gasteiger partial charge in [0.1, 0.15) is 0 Å². The van der Waals surface area contributed by atoms with Gasteiger partial charge in [-0.05, 0) is 66.3 Å². The summed E-state index contributed by atoms with van der Waals surface area (Å²) < 4.78 is 1.53. The zero-order valence-corrected chi connectivity index (χ0v) is 22.4. The minimum absolute atomic E-state index is 0.110. The number of rotatable bonds is 6. The minimum atomic E-state index is -1.05. The third kappa shape index (κ3) is 4.81. The summed E-state index contributed by atoms with van der Waals surface area (Å²) in [5.74, 6) is 0.255. The van der Waals surface area contributed by atoms with Gasteiger partial charge in [-0.1, -0.05) is 49.4 Å². The smallest absolute Gasteiger partial charge is 0.262 e. The van der Waals surface area contributed by atoms with Crippen molar-refractivity contribution in [1.29, 1.82) is 0 Å². The second-order valence-corrected chi connectivity index (χ2v) is 11.7. The molecule has 1 aliphatic heterocycles. The van der Waals surface area contributed by atoms with E-state index in [-0.39, 0.29) is 23.9 Å². The zero-order chi connectivity index (χ0) is 26.3. The number of nitrogens with zero attached hydrogens (tertiary/aromatic N) is 3. The van der Waals surface area contributed by atoms with Crippen molar-refractivity contribution in [1.82, 2.24) is 14.5 Å². The molecule has 1 aliphatic carbocycles. The summed E-state index contributed by atoms with van der Waals surface area (Å²) in [5.41, 5.74) is 4.45. The van der Waals surface area contributed by atoms with Crippen molar-refractivity contribution in [3.05, 3.63) is 93.7 Å². The number of aliphatic hydroxyl groups is 1. The molecule has 1 fully saturated rings. The van der Waals surface area contributed by atoms with Crippen LogP contribution in [0.3, 0.4) is 0 Å². The number of aryl methyl sites for hydroxylation is 1. The highest BCUT2D eigenvalue weighted by Crippen LogP contribution is 2.35. The maximum Gasteiger partial charge on any atom is 0.262 e. The molecule has 0 unspecified atom stereocenters. The number of fused-ring (bicyclic) bond motifs is 2. The Morgan fingerprint density at radius 2 is 1.95 bits per heavy atom. The van der Waals surface area contributed by atoms with Gasteiger partial charge in [0.2, 0.25) is 5.91 Å². The van der Waals surface area contributed by atoms with E-state index in [1.54, 1.807) is 17.7 Å². The van der Waals surface area contributed by atoms with Crippen molar-refractivity contribution in [2.75, 3.05) is 13.1 Å². The highest BCUT2D eigenvalue weighted by Gasteiger charge is 2.35. The molecular formula is C31H32N3O3S. The number of carbonyl (C=O) groups excluding carboxylic acids is 1. The fourth-order valence-electron chi connectivity index (χ4n) is 5.77. The van der Waals surface area contributed by atoms with E-state index in [9.17, 15) is 14.7 Å². The van der Waals surface area contributed by atoms with Gasteiger partial charge in [0.05, 0.1) is 34.3 Å². The SMILES string of the molecule is C[C@H](CC(=O)N1CCC(O)(Cn2cnc3c(-c4ccc5c(c4)CC[CH]5)scc3c2=O)CC1)c1ccccc1. The molecule has 0 saturated carbocycles. The van der Waals surface area contributed by atoms with Gasteiger partial charge < -0.3 is 10.0 Å². The number of hydrogen-bond acceptors (Lipinski definition) is 5. The van der Waals surface area contributed by atoms with Crippen LogP contribution in [0.5, 0.6) is 0 Å². The summed E-state index contributed by atoms with van der Waals surface area (Å²) in [6, 6.07) is 16.5. The summed E-state index contributed by atoms with van der Waals surface area (Å²) in [4.78, 5) is 33.8. The predicted molar refractivity (Wildman–Crippen MR) is 151 cm³/mol. The number of carbonyl (C=O) groups is 1. The van der Waals surface area contributed by atoms with Crippen molar-refractivity contribution in [2.45, 2.75) is 57.1 Å². The normalized spacial score (nSPS) is 17.5. The highest BCUT2D eigenvalue weighted by atomic mass is 32.1. The van der Waals surface area contributed by atoms with Crippen LogP contribution >= 0.6 is 11.3 Å². The van der Waals surface area contributed by atoms with E-state index < -0.39 is 5.60 Å². The molecule has 4 aromatic rings. The van der Waals surface area contributed by atoms with Gasteiger partial charge in [-0.3, -0.25) is 14.2 Å². The van der Waals surface area contributed by atoms with Gasteiger partial charge in [-0.15, -0.1) is 11.3 Å². The zero-order valence-electron chi connectivity index (χ0n) is 21.6. The van der Waals surface area contributed by atoms with Crippen molar-refractivity contribution in [3.63, 3.8) is 0 Å². The Hall–Kier alpha value is -3.29. The maximum atomic E-state index is 13.4. The molecule has 2 aromatic heterocycles. The van der Waals surface area contributed by atoms with Gasteiger partial charge in [0.25, 0.3) is 5.56 Å². The van der Waals surface area contributed by atoms with Crippen LogP contribution in [-0.4, -0.2) is 44.2 Å². The number of aromatic nitrogens is 2. The lowest BCUT2D eigenvalue weighted by Gasteiger charge is -2.38. The lowest BCUT2D eigenvalue weighted by atomic mass is 9.90. The Balaban J connectivity index is 1.13. The maximum absolute atomic E-state index is 13.4. The molecule has 3 heterocycles. The van der Waals surface area contributed by atoms with Crippen LogP contribution in [0.1, 0.15) is 55.2 Å². The summed E-state index contributed by atoms with van der Waals surface area (Å²) in [5, 5.41) is 13.8. The first kappa shape index (κ1) is 25.0. The van der Waals surface area contributed by atoms with E-state index in [1.807, 2.05) is 28.5 Å². The van der Waals surface area contributed by atoms with Crippen molar-refractivity contribution >= 4 is 28.1 Å².